The Balaban J connectivity index is 1.63. The molecular weight excluding hydrogens is 443 g/mol. The van der Waals surface area contributed by atoms with Gasteiger partial charge in [0.25, 0.3) is 5.91 Å². The summed E-state index contributed by atoms with van der Waals surface area (Å²) in [5.41, 5.74) is 1.70. The van der Waals surface area contributed by atoms with E-state index in [-0.39, 0.29) is 29.4 Å². The highest BCUT2D eigenvalue weighted by molar-refractivity contribution is 8.00. The van der Waals surface area contributed by atoms with E-state index in [4.69, 9.17) is 9.47 Å². The van der Waals surface area contributed by atoms with Crippen molar-refractivity contribution >= 4 is 29.3 Å². The number of benzene rings is 3. The number of amides is 2. The highest BCUT2D eigenvalue weighted by Crippen LogP contribution is 2.30. The molecule has 0 fully saturated rings. The summed E-state index contributed by atoms with van der Waals surface area (Å²) in [6, 6.07) is 17.9. The molecule has 0 aliphatic rings. The van der Waals surface area contributed by atoms with Gasteiger partial charge >= 0.3 is 0 Å². The third kappa shape index (κ3) is 6.49. The van der Waals surface area contributed by atoms with E-state index in [2.05, 4.69) is 10.6 Å². The van der Waals surface area contributed by atoms with Gasteiger partial charge < -0.3 is 20.1 Å². The SMILES string of the molecule is COc1ccc(NC(=O)CSc2ccccc2C(=O)NC(C)c2cccc(F)c2)cc1OC. The summed E-state index contributed by atoms with van der Waals surface area (Å²) in [4.78, 5) is 26.0. The van der Waals surface area contributed by atoms with E-state index in [0.29, 0.717) is 33.2 Å². The van der Waals surface area contributed by atoms with Gasteiger partial charge in [-0.1, -0.05) is 24.3 Å². The lowest BCUT2D eigenvalue weighted by molar-refractivity contribution is -0.113. The van der Waals surface area contributed by atoms with Crippen LogP contribution in [0.15, 0.2) is 71.6 Å². The first-order valence-electron chi connectivity index (χ1n) is 10.2. The van der Waals surface area contributed by atoms with Crippen LogP contribution >= 0.6 is 11.8 Å². The van der Waals surface area contributed by atoms with Gasteiger partial charge in [0.2, 0.25) is 5.91 Å². The molecule has 1 unspecified atom stereocenters. The van der Waals surface area contributed by atoms with Crippen LogP contribution in [0, 0.1) is 5.82 Å². The normalized spacial score (nSPS) is 11.4. The minimum atomic E-state index is -0.375. The molecule has 0 saturated carbocycles. The van der Waals surface area contributed by atoms with Crippen LogP contribution in [0.25, 0.3) is 0 Å². The van der Waals surface area contributed by atoms with E-state index < -0.39 is 0 Å². The van der Waals surface area contributed by atoms with Crippen LogP contribution in [0.3, 0.4) is 0 Å². The summed E-state index contributed by atoms with van der Waals surface area (Å²) in [6.07, 6.45) is 0. The zero-order valence-electron chi connectivity index (χ0n) is 18.6. The maximum atomic E-state index is 13.5. The van der Waals surface area contributed by atoms with Crippen molar-refractivity contribution in [2.75, 3.05) is 25.3 Å². The highest BCUT2D eigenvalue weighted by Gasteiger charge is 2.16. The molecule has 0 spiro atoms. The summed E-state index contributed by atoms with van der Waals surface area (Å²) in [7, 11) is 3.07. The number of nitrogens with one attached hydrogen (secondary N) is 2. The van der Waals surface area contributed by atoms with Gasteiger partial charge in [0.15, 0.2) is 11.5 Å². The number of methoxy groups -OCH3 is 2. The summed E-state index contributed by atoms with van der Waals surface area (Å²) in [6.45, 7) is 1.79. The molecule has 3 rings (SSSR count). The first-order valence-corrected chi connectivity index (χ1v) is 11.2. The quantitative estimate of drug-likeness (QED) is 0.429. The second-order valence-electron chi connectivity index (χ2n) is 7.15. The van der Waals surface area contributed by atoms with Crippen LogP contribution in [0.1, 0.15) is 28.9 Å². The number of ether oxygens (including phenoxy) is 2. The van der Waals surface area contributed by atoms with Gasteiger partial charge in [0.05, 0.1) is 31.6 Å². The van der Waals surface area contributed by atoms with Crippen LogP contribution < -0.4 is 20.1 Å². The van der Waals surface area contributed by atoms with E-state index in [1.807, 2.05) is 0 Å². The second kappa shape index (κ2) is 11.4. The van der Waals surface area contributed by atoms with Gasteiger partial charge in [-0.15, -0.1) is 11.8 Å². The van der Waals surface area contributed by atoms with Gasteiger partial charge in [0, 0.05) is 16.6 Å². The lowest BCUT2D eigenvalue weighted by atomic mass is 10.1. The van der Waals surface area contributed by atoms with Crippen LogP contribution in [-0.4, -0.2) is 31.8 Å². The fraction of sp³-hybridized carbons (Fsp3) is 0.200. The molecule has 1 atom stereocenters. The van der Waals surface area contributed by atoms with Crippen molar-refractivity contribution in [1.29, 1.82) is 0 Å². The zero-order valence-corrected chi connectivity index (χ0v) is 19.4. The number of rotatable bonds is 9. The molecule has 0 radical (unpaired) electrons. The fourth-order valence-electron chi connectivity index (χ4n) is 3.17. The average Bonchev–Trinajstić information content (AvgIpc) is 2.82. The third-order valence-corrected chi connectivity index (χ3v) is 5.93. The Morgan fingerprint density at radius 2 is 1.73 bits per heavy atom. The van der Waals surface area contributed by atoms with E-state index in [1.165, 1.54) is 31.0 Å². The average molecular weight is 469 g/mol. The monoisotopic (exact) mass is 468 g/mol. The first kappa shape index (κ1) is 24.1. The van der Waals surface area contributed by atoms with Crippen LogP contribution in [0.4, 0.5) is 10.1 Å². The third-order valence-electron chi connectivity index (χ3n) is 4.85. The lowest BCUT2D eigenvalue weighted by Gasteiger charge is -2.16. The molecular formula is C25H25FN2O4S. The van der Waals surface area contributed by atoms with E-state index >= 15 is 0 Å². The summed E-state index contributed by atoms with van der Waals surface area (Å²) in [5, 5.41) is 5.70. The number of thioether (sulfide) groups is 1. The summed E-state index contributed by atoms with van der Waals surface area (Å²) < 4.78 is 24.0. The van der Waals surface area contributed by atoms with Crippen LogP contribution in [0.5, 0.6) is 11.5 Å². The molecule has 33 heavy (non-hydrogen) atoms. The molecule has 3 aromatic carbocycles. The summed E-state index contributed by atoms with van der Waals surface area (Å²) in [5.74, 6) is 0.309. The Kier molecular flexibility index (Phi) is 8.32. The molecule has 3 aromatic rings. The van der Waals surface area contributed by atoms with Crippen molar-refractivity contribution in [2.45, 2.75) is 17.9 Å². The largest absolute Gasteiger partial charge is 0.493 e. The van der Waals surface area contributed by atoms with Gasteiger partial charge in [-0.2, -0.15) is 0 Å². The summed E-state index contributed by atoms with van der Waals surface area (Å²) >= 11 is 1.26. The Morgan fingerprint density at radius 1 is 0.970 bits per heavy atom. The molecule has 2 amide bonds. The topological polar surface area (TPSA) is 76.7 Å². The van der Waals surface area contributed by atoms with Gasteiger partial charge in [-0.3, -0.25) is 9.59 Å². The van der Waals surface area contributed by atoms with Crippen molar-refractivity contribution < 1.29 is 23.5 Å². The van der Waals surface area contributed by atoms with Crippen LogP contribution in [-0.2, 0) is 4.79 Å². The van der Waals surface area contributed by atoms with Crippen LogP contribution in [0.2, 0.25) is 0 Å². The van der Waals surface area contributed by atoms with Crippen molar-refractivity contribution in [3.05, 3.63) is 83.7 Å². The number of carbonyl (C=O) groups is 2. The Labute approximate surface area is 196 Å². The molecule has 172 valence electrons. The molecule has 0 saturated heterocycles. The predicted molar refractivity (Wildman–Crippen MR) is 128 cm³/mol. The van der Waals surface area contributed by atoms with Crippen molar-refractivity contribution in [3.63, 3.8) is 0 Å². The Morgan fingerprint density at radius 3 is 2.45 bits per heavy atom. The Bertz CT molecular complexity index is 1140. The molecule has 0 aromatic heterocycles. The number of hydrogen-bond donors (Lipinski definition) is 2. The van der Waals surface area contributed by atoms with Gasteiger partial charge in [-0.25, -0.2) is 4.39 Å². The minimum absolute atomic E-state index is 0.109. The highest BCUT2D eigenvalue weighted by atomic mass is 32.2. The molecule has 0 aliphatic carbocycles. The number of anilines is 1. The first-order chi connectivity index (χ1) is 15.9. The zero-order chi connectivity index (χ0) is 23.8. The maximum absolute atomic E-state index is 13.5. The standard InChI is InChI=1S/C25H25FN2O4S/c1-16(17-7-6-8-18(26)13-17)27-25(30)20-9-4-5-10-23(20)33-15-24(29)28-19-11-12-21(31-2)22(14-19)32-3/h4-14,16H,15H2,1-3H3,(H,27,30)(H,28,29). The maximum Gasteiger partial charge on any atom is 0.252 e. The predicted octanol–water partition coefficient (Wildman–Crippen LogP) is 5.06. The number of halogens is 1. The fourth-order valence-corrected chi connectivity index (χ4v) is 4.02. The Hall–Kier alpha value is -3.52. The molecule has 6 nitrogen and oxygen atoms in total. The molecule has 0 aliphatic heterocycles. The van der Waals surface area contributed by atoms with Gasteiger partial charge in [-0.05, 0) is 48.9 Å². The smallest absolute Gasteiger partial charge is 0.252 e. The molecule has 2 N–H and O–H groups in total. The molecule has 8 heteroatoms. The van der Waals surface area contributed by atoms with Crippen molar-refractivity contribution in [1.82, 2.24) is 5.32 Å². The van der Waals surface area contributed by atoms with Gasteiger partial charge in [0.1, 0.15) is 5.82 Å². The number of hydrogen-bond acceptors (Lipinski definition) is 5. The van der Waals surface area contributed by atoms with Crippen molar-refractivity contribution in [2.24, 2.45) is 0 Å². The van der Waals surface area contributed by atoms with Crippen molar-refractivity contribution in [3.8, 4) is 11.5 Å². The lowest BCUT2D eigenvalue weighted by Crippen LogP contribution is -2.27. The van der Waals surface area contributed by atoms with E-state index in [1.54, 1.807) is 68.6 Å². The van der Waals surface area contributed by atoms with E-state index in [0.717, 1.165) is 0 Å². The second-order valence-corrected chi connectivity index (χ2v) is 8.17. The van der Waals surface area contributed by atoms with E-state index in [9.17, 15) is 14.0 Å². The molecule has 0 heterocycles. The minimum Gasteiger partial charge on any atom is -0.493 e. The number of carbonyl (C=O) groups excluding carboxylic acids is 2. The molecule has 0 bridgehead atoms.